The van der Waals surface area contributed by atoms with Crippen molar-refractivity contribution in [2.45, 2.75) is 72.2 Å². The van der Waals surface area contributed by atoms with Gasteiger partial charge in [0.05, 0.1) is 45.8 Å². The van der Waals surface area contributed by atoms with Crippen LogP contribution >= 0.6 is 11.6 Å². The molecule has 0 spiro atoms. The van der Waals surface area contributed by atoms with Gasteiger partial charge < -0.3 is 25.4 Å². The van der Waals surface area contributed by atoms with Crippen LogP contribution in [0.1, 0.15) is 63.4 Å². The topological polar surface area (TPSA) is 174 Å². The van der Waals surface area contributed by atoms with Crippen molar-refractivity contribution in [3.63, 3.8) is 0 Å². The number of amides is 2. The summed E-state index contributed by atoms with van der Waals surface area (Å²) in [5, 5.41) is 29.7. The Morgan fingerprint density at radius 2 is 1.83 bits per heavy atom. The molecule has 1 aliphatic heterocycles. The normalized spacial score (nSPS) is 19.0. The van der Waals surface area contributed by atoms with E-state index in [2.05, 4.69) is 61.4 Å². The first-order valence-electron chi connectivity index (χ1n) is 19.5. The van der Waals surface area contributed by atoms with E-state index in [1.165, 1.54) is 12.4 Å². The van der Waals surface area contributed by atoms with E-state index in [1.807, 2.05) is 70.9 Å². The van der Waals surface area contributed by atoms with Crippen LogP contribution in [0.25, 0.3) is 33.3 Å². The standard InChI is InChI=1S/C44H45ClN10O4/c1-25-17-36(56)51-34-10-7-9-31(38(34)50-25)26-12-14-35-32(18-26)37(29-23-49-54(6)24-29)53-55(35)15-8-16-58-42-47-21-28(22-48-42)39(57)52-40-43(2,3)41(44(40,4)5)59-30-13-11-27(20-46)33(45)19-30/h7,9-14,18-19,21-25,40-41,50H,8,15-17H2,1-6H3,(H,51,56)(H,52,57)/t25-,40?,41?/m1/s1. The molecule has 1 fully saturated rings. The van der Waals surface area contributed by atoms with Crippen molar-refractivity contribution in [3.05, 3.63) is 95.5 Å². The van der Waals surface area contributed by atoms with Crippen LogP contribution in [0.5, 0.6) is 11.8 Å². The predicted octanol–water partition coefficient (Wildman–Crippen LogP) is 7.64. The molecule has 1 aliphatic carbocycles. The highest BCUT2D eigenvalue weighted by Crippen LogP contribution is 2.55. The maximum atomic E-state index is 13.4. The van der Waals surface area contributed by atoms with Gasteiger partial charge in [-0.25, -0.2) is 9.97 Å². The lowest BCUT2D eigenvalue weighted by atomic mass is 9.49. The number of carbonyl (C=O) groups excluding carboxylic acids is 2. The van der Waals surface area contributed by atoms with E-state index in [-0.39, 0.29) is 36.0 Å². The lowest BCUT2D eigenvalue weighted by Gasteiger charge is -2.63. The van der Waals surface area contributed by atoms with Crippen molar-refractivity contribution >= 4 is 45.7 Å². The Kier molecular flexibility index (Phi) is 10.3. The molecular formula is C44H45ClN10O4. The smallest absolute Gasteiger partial charge is 0.316 e. The Balaban J connectivity index is 0.915. The first kappa shape index (κ1) is 39.4. The Bertz CT molecular complexity index is 2610. The van der Waals surface area contributed by atoms with E-state index < -0.39 is 10.8 Å². The zero-order valence-corrected chi connectivity index (χ0v) is 34.5. The third kappa shape index (κ3) is 7.54. The number of rotatable bonds is 11. The summed E-state index contributed by atoms with van der Waals surface area (Å²) < 4.78 is 16.0. The van der Waals surface area contributed by atoms with Gasteiger partial charge in [0.1, 0.15) is 23.6 Å². The van der Waals surface area contributed by atoms with Gasteiger partial charge in [0.15, 0.2) is 0 Å². The first-order valence-corrected chi connectivity index (χ1v) is 19.9. The van der Waals surface area contributed by atoms with Crippen LogP contribution in [-0.2, 0) is 18.4 Å². The summed E-state index contributed by atoms with van der Waals surface area (Å²) in [6, 6.07) is 19.3. The molecule has 3 N–H and O–H groups in total. The number of nitriles is 1. The first-order chi connectivity index (χ1) is 28.2. The van der Waals surface area contributed by atoms with Gasteiger partial charge in [0, 0.05) is 90.5 Å². The number of aryl methyl sites for hydroxylation is 2. The molecule has 3 aromatic heterocycles. The number of nitrogens with one attached hydrogen (secondary N) is 3. The molecule has 0 bridgehead atoms. The molecular weight excluding hydrogens is 768 g/mol. The minimum Gasteiger partial charge on any atom is -0.489 e. The van der Waals surface area contributed by atoms with Gasteiger partial charge in [-0.15, -0.1) is 0 Å². The highest BCUT2D eigenvalue weighted by molar-refractivity contribution is 6.31. The second-order valence-corrected chi connectivity index (χ2v) is 16.9. The van der Waals surface area contributed by atoms with Crippen molar-refractivity contribution in [2.24, 2.45) is 17.9 Å². The third-order valence-electron chi connectivity index (χ3n) is 11.3. The lowest BCUT2D eigenvalue weighted by Crippen LogP contribution is -2.74. The summed E-state index contributed by atoms with van der Waals surface area (Å²) in [7, 11) is 1.88. The van der Waals surface area contributed by atoms with Gasteiger partial charge in [-0.2, -0.15) is 15.5 Å². The molecule has 6 aromatic rings. The second kappa shape index (κ2) is 15.4. The fraction of sp³-hybridized carbons (Fsp3) is 0.341. The molecule has 59 heavy (non-hydrogen) atoms. The quantitative estimate of drug-likeness (QED) is 0.110. The van der Waals surface area contributed by atoms with Crippen molar-refractivity contribution < 1.29 is 19.1 Å². The summed E-state index contributed by atoms with van der Waals surface area (Å²) in [5.41, 5.74) is 6.19. The van der Waals surface area contributed by atoms with E-state index in [4.69, 9.17) is 26.2 Å². The SMILES string of the molecule is C[C@@H]1CC(=O)Nc2cccc(-c3ccc4c(c3)c(-c3cnn(C)c3)nn4CCCOc3ncc(C(=O)NC4C(C)(C)C(Oc5ccc(C#N)c(Cl)c5)C4(C)C)cn3)c2N1. The van der Waals surface area contributed by atoms with Crippen LogP contribution in [0.3, 0.4) is 0 Å². The Morgan fingerprint density at radius 1 is 1.05 bits per heavy atom. The molecule has 3 aromatic carbocycles. The van der Waals surface area contributed by atoms with E-state index >= 15 is 0 Å². The number of ether oxygens (including phenoxy) is 2. The highest BCUT2D eigenvalue weighted by atomic mass is 35.5. The Hall–Kier alpha value is -6.46. The number of hydrogen-bond donors (Lipinski definition) is 3. The van der Waals surface area contributed by atoms with Gasteiger partial charge in [-0.1, -0.05) is 57.5 Å². The lowest BCUT2D eigenvalue weighted by molar-refractivity contribution is -0.164. The summed E-state index contributed by atoms with van der Waals surface area (Å²) in [5.74, 6) is 0.263. The molecule has 1 atom stereocenters. The minimum absolute atomic E-state index is 0.0141. The van der Waals surface area contributed by atoms with Gasteiger partial charge in [-0.3, -0.25) is 19.0 Å². The summed E-state index contributed by atoms with van der Waals surface area (Å²) in [6.45, 7) is 11.1. The summed E-state index contributed by atoms with van der Waals surface area (Å²) >= 11 is 6.24. The molecule has 4 heterocycles. The van der Waals surface area contributed by atoms with Crippen molar-refractivity contribution in [3.8, 4) is 40.2 Å². The fourth-order valence-corrected chi connectivity index (χ4v) is 9.01. The molecule has 15 heteroatoms. The number of carbonyl (C=O) groups is 2. The van der Waals surface area contributed by atoms with Crippen LogP contribution in [0, 0.1) is 22.2 Å². The van der Waals surface area contributed by atoms with Gasteiger partial charge >= 0.3 is 6.01 Å². The van der Waals surface area contributed by atoms with Crippen LogP contribution in [0.15, 0.2) is 79.4 Å². The van der Waals surface area contributed by atoms with E-state index in [9.17, 15) is 14.9 Å². The van der Waals surface area contributed by atoms with E-state index in [0.717, 1.165) is 44.7 Å². The molecule has 0 radical (unpaired) electrons. The molecule has 14 nitrogen and oxygen atoms in total. The maximum absolute atomic E-state index is 13.4. The van der Waals surface area contributed by atoms with Crippen molar-refractivity contribution in [2.75, 3.05) is 17.2 Å². The molecule has 0 saturated heterocycles. The fourth-order valence-electron chi connectivity index (χ4n) is 8.80. The molecule has 0 unspecified atom stereocenters. The van der Waals surface area contributed by atoms with Gasteiger partial charge in [0.25, 0.3) is 5.91 Å². The van der Waals surface area contributed by atoms with Crippen molar-refractivity contribution in [1.82, 2.24) is 34.8 Å². The van der Waals surface area contributed by atoms with E-state index in [1.54, 1.807) is 22.9 Å². The number of anilines is 2. The number of halogens is 1. The van der Waals surface area contributed by atoms with Gasteiger partial charge in [0.2, 0.25) is 5.91 Å². The minimum atomic E-state index is -0.415. The molecule has 2 aliphatic rings. The molecule has 8 rings (SSSR count). The Morgan fingerprint density at radius 3 is 2.54 bits per heavy atom. The number of fused-ring (bicyclic) bond motifs is 2. The van der Waals surface area contributed by atoms with Crippen LogP contribution in [0.2, 0.25) is 5.02 Å². The van der Waals surface area contributed by atoms with Crippen LogP contribution < -0.4 is 25.4 Å². The predicted molar refractivity (Wildman–Crippen MR) is 225 cm³/mol. The highest BCUT2D eigenvalue weighted by Gasteiger charge is 2.64. The number of para-hydroxylation sites is 1. The number of aromatic nitrogens is 6. The van der Waals surface area contributed by atoms with E-state index in [0.29, 0.717) is 47.9 Å². The number of benzene rings is 3. The molecule has 2 amide bonds. The summed E-state index contributed by atoms with van der Waals surface area (Å²) in [4.78, 5) is 34.5. The van der Waals surface area contributed by atoms with Crippen LogP contribution in [-0.4, -0.2) is 66.1 Å². The maximum Gasteiger partial charge on any atom is 0.316 e. The number of hydrogen-bond acceptors (Lipinski definition) is 10. The van der Waals surface area contributed by atoms with Crippen LogP contribution in [0.4, 0.5) is 11.4 Å². The largest absolute Gasteiger partial charge is 0.489 e. The zero-order chi connectivity index (χ0) is 41.6. The zero-order valence-electron chi connectivity index (χ0n) is 33.7. The van der Waals surface area contributed by atoms with Crippen molar-refractivity contribution in [1.29, 1.82) is 5.26 Å². The average molecular weight is 813 g/mol. The monoisotopic (exact) mass is 812 g/mol. The average Bonchev–Trinajstić information content (AvgIpc) is 3.76. The molecule has 1 saturated carbocycles. The summed E-state index contributed by atoms with van der Waals surface area (Å²) in [6.07, 6.45) is 7.48. The Labute approximate surface area is 346 Å². The van der Waals surface area contributed by atoms with Gasteiger partial charge in [-0.05, 0) is 42.8 Å². The molecule has 302 valence electrons. The third-order valence-corrected chi connectivity index (χ3v) is 11.6. The number of nitrogens with zero attached hydrogens (tertiary/aromatic N) is 7. The second-order valence-electron chi connectivity index (χ2n) is 16.5.